The summed E-state index contributed by atoms with van der Waals surface area (Å²) in [6.45, 7) is 6.05. The molecule has 0 aliphatic rings. The van der Waals surface area contributed by atoms with Crippen LogP contribution >= 0.6 is 0 Å². The van der Waals surface area contributed by atoms with Crippen LogP contribution in [0.2, 0.25) is 0 Å². The molecule has 0 aromatic heterocycles. The van der Waals surface area contributed by atoms with Gasteiger partial charge in [-0.25, -0.2) is 0 Å². The van der Waals surface area contributed by atoms with Gasteiger partial charge in [0, 0.05) is 12.0 Å². The number of Topliss-reactive ketones (excluding diaryl/α,β-unsaturated/α-hetero) is 1. The third-order valence-electron chi connectivity index (χ3n) is 2.50. The molecule has 0 saturated carbocycles. The zero-order valence-electron chi connectivity index (χ0n) is 9.83. The molecule has 0 spiro atoms. The van der Waals surface area contributed by atoms with Gasteiger partial charge in [-0.3, -0.25) is 4.79 Å². The molecule has 0 bridgehead atoms. The first kappa shape index (κ1) is 11.8. The van der Waals surface area contributed by atoms with Gasteiger partial charge in [-0.05, 0) is 29.7 Å². The van der Waals surface area contributed by atoms with E-state index in [1.54, 1.807) is 7.11 Å². The quantitative estimate of drug-likeness (QED) is 0.706. The standard InChI is InChI=1S/C13H18O2/c1-5-13(14)11-7-6-10(15-4)8-12(11)9(2)3/h6-9H,5H2,1-4H3. The van der Waals surface area contributed by atoms with E-state index >= 15 is 0 Å². The summed E-state index contributed by atoms with van der Waals surface area (Å²) >= 11 is 0. The molecule has 0 aliphatic carbocycles. The van der Waals surface area contributed by atoms with Crippen LogP contribution in [0.4, 0.5) is 0 Å². The molecule has 0 N–H and O–H groups in total. The Balaban J connectivity index is 3.21. The van der Waals surface area contributed by atoms with Crippen LogP contribution in [-0.4, -0.2) is 12.9 Å². The maximum Gasteiger partial charge on any atom is 0.162 e. The first-order valence-corrected chi connectivity index (χ1v) is 5.31. The van der Waals surface area contributed by atoms with Crippen molar-refractivity contribution >= 4 is 5.78 Å². The normalized spacial score (nSPS) is 10.5. The predicted octanol–water partition coefficient (Wildman–Crippen LogP) is 3.41. The van der Waals surface area contributed by atoms with Gasteiger partial charge >= 0.3 is 0 Å². The summed E-state index contributed by atoms with van der Waals surface area (Å²) in [7, 11) is 1.64. The zero-order chi connectivity index (χ0) is 11.4. The van der Waals surface area contributed by atoms with Crippen LogP contribution in [0.1, 0.15) is 49.0 Å². The monoisotopic (exact) mass is 206 g/mol. The lowest BCUT2D eigenvalue weighted by Crippen LogP contribution is -2.04. The summed E-state index contributed by atoms with van der Waals surface area (Å²) < 4.78 is 5.16. The average Bonchev–Trinajstić information content (AvgIpc) is 2.27. The zero-order valence-corrected chi connectivity index (χ0v) is 9.83. The van der Waals surface area contributed by atoms with E-state index in [-0.39, 0.29) is 5.78 Å². The maximum absolute atomic E-state index is 11.7. The minimum Gasteiger partial charge on any atom is -0.497 e. The summed E-state index contributed by atoms with van der Waals surface area (Å²) in [6, 6.07) is 5.66. The first-order valence-electron chi connectivity index (χ1n) is 5.31. The Morgan fingerprint density at radius 1 is 1.40 bits per heavy atom. The van der Waals surface area contributed by atoms with Crippen molar-refractivity contribution in [1.29, 1.82) is 0 Å². The summed E-state index contributed by atoms with van der Waals surface area (Å²) in [4.78, 5) is 11.7. The van der Waals surface area contributed by atoms with Crippen LogP contribution in [0.25, 0.3) is 0 Å². The van der Waals surface area contributed by atoms with Gasteiger partial charge in [-0.1, -0.05) is 20.8 Å². The number of hydrogen-bond donors (Lipinski definition) is 0. The Labute approximate surface area is 91.3 Å². The number of carbonyl (C=O) groups excluding carboxylic acids is 1. The molecule has 1 aromatic carbocycles. The Morgan fingerprint density at radius 3 is 2.53 bits per heavy atom. The van der Waals surface area contributed by atoms with E-state index in [2.05, 4.69) is 13.8 Å². The Bertz CT molecular complexity index is 354. The highest BCUT2D eigenvalue weighted by Crippen LogP contribution is 2.25. The number of hydrogen-bond acceptors (Lipinski definition) is 2. The highest BCUT2D eigenvalue weighted by atomic mass is 16.5. The van der Waals surface area contributed by atoms with Gasteiger partial charge in [0.1, 0.15) is 5.75 Å². The third kappa shape index (κ3) is 2.58. The smallest absolute Gasteiger partial charge is 0.162 e. The van der Waals surface area contributed by atoms with Gasteiger partial charge in [0.25, 0.3) is 0 Å². The molecule has 0 unspecified atom stereocenters. The van der Waals surface area contributed by atoms with E-state index in [1.807, 2.05) is 25.1 Å². The van der Waals surface area contributed by atoms with Gasteiger partial charge in [0.05, 0.1) is 7.11 Å². The van der Waals surface area contributed by atoms with Crippen LogP contribution in [0.3, 0.4) is 0 Å². The van der Waals surface area contributed by atoms with Crippen molar-refractivity contribution in [2.75, 3.05) is 7.11 Å². The number of rotatable bonds is 4. The SMILES string of the molecule is CCC(=O)c1ccc(OC)cc1C(C)C. The van der Waals surface area contributed by atoms with Crippen molar-refractivity contribution in [3.63, 3.8) is 0 Å². The first-order chi connectivity index (χ1) is 7.10. The number of methoxy groups -OCH3 is 1. The molecule has 1 aromatic rings. The minimum absolute atomic E-state index is 0.196. The van der Waals surface area contributed by atoms with E-state index in [4.69, 9.17) is 4.74 Å². The van der Waals surface area contributed by atoms with Gasteiger partial charge in [0.2, 0.25) is 0 Å². The van der Waals surface area contributed by atoms with Crippen LogP contribution in [0.15, 0.2) is 18.2 Å². The second-order valence-corrected chi connectivity index (χ2v) is 3.88. The Hall–Kier alpha value is -1.31. The topological polar surface area (TPSA) is 26.3 Å². The largest absolute Gasteiger partial charge is 0.497 e. The lowest BCUT2D eigenvalue weighted by atomic mass is 9.93. The molecule has 0 radical (unpaired) electrons. The lowest BCUT2D eigenvalue weighted by Gasteiger charge is -2.12. The molecule has 0 heterocycles. The van der Waals surface area contributed by atoms with Gasteiger partial charge in [-0.2, -0.15) is 0 Å². The van der Waals surface area contributed by atoms with Crippen molar-refractivity contribution in [3.05, 3.63) is 29.3 Å². The second kappa shape index (κ2) is 4.96. The van der Waals surface area contributed by atoms with Crippen LogP contribution < -0.4 is 4.74 Å². The minimum atomic E-state index is 0.196. The van der Waals surface area contributed by atoms with Gasteiger partial charge < -0.3 is 4.74 Å². The fourth-order valence-electron chi connectivity index (χ4n) is 1.59. The molecule has 1 rings (SSSR count). The highest BCUT2D eigenvalue weighted by Gasteiger charge is 2.13. The summed E-state index contributed by atoms with van der Waals surface area (Å²) in [5.74, 6) is 1.35. The van der Waals surface area contributed by atoms with Gasteiger partial charge in [-0.15, -0.1) is 0 Å². The fourth-order valence-corrected chi connectivity index (χ4v) is 1.59. The molecule has 0 amide bonds. The third-order valence-corrected chi connectivity index (χ3v) is 2.50. The van der Waals surface area contributed by atoms with E-state index in [1.165, 1.54) is 0 Å². The number of ketones is 1. The molecule has 0 saturated heterocycles. The summed E-state index contributed by atoms with van der Waals surface area (Å²) in [5, 5.41) is 0. The molecule has 0 aliphatic heterocycles. The summed E-state index contributed by atoms with van der Waals surface area (Å²) in [6.07, 6.45) is 0.548. The molecular weight excluding hydrogens is 188 g/mol. The number of benzene rings is 1. The second-order valence-electron chi connectivity index (χ2n) is 3.88. The van der Waals surface area contributed by atoms with Crippen LogP contribution in [0, 0.1) is 0 Å². The van der Waals surface area contributed by atoms with Crippen LogP contribution in [0.5, 0.6) is 5.75 Å². The van der Waals surface area contributed by atoms with Crippen molar-refractivity contribution in [2.45, 2.75) is 33.1 Å². The Morgan fingerprint density at radius 2 is 2.07 bits per heavy atom. The fraction of sp³-hybridized carbons (Fsp3) is 0.462. The molecule has 2 nitrogen and oxygen atoms in total. The van der Waals surface area contributed by atoms with E-state index in [0.29, 0.717) is 12.3 Å². The molecule has 0 fully saturated rings. The highest BCUT2D eigenvalue weighted by molar-refractivity contribution is 5.97. The molecule has 82 valence electrons. The molecule has 2 heteroatoms. The van der Waals surface area contributed by atoms with Gasteiger partial charge in [0.15, 0.2) is 5.78 Å². The number of ether oxygens (including phenoxy) is 1. The van der Waals surface area contributed by atoms with Crippen molar-refractivity contribution in [3.8, 4) is 5.75 Å². The number of carbonyl (C=O) groups is 1. The van der Waals surface area contributed by atoms with E-state index in [9.17, 15) is 4.79 Å². The van der Waals surface area contributed by atoms with E-state index in [0.717, 1.165) is 16.9 Å². The van der Waals surface area contributed by atoms with Crippen molar-refractivity contribution < 1.29 is 9.53 Å². The van der Waals surface area contributed by atoms with E-state index < -0.39 is 0 Å². The van der Waals surface area contributed by atoms with Crippen molar-refractivity contribution in [1.82, 2.24) is 0 Å². The van der Waals surface area contributed by atoms with Crippen LogP contribution in [-0.2, 0) is 0 Å². The Kier molecular flexibility index (Phi) is 3.89. The van der Waals surface area contributed by atoms with Crippen molar-refractivity contribution in [2.24, 2.45) is 0 Å². The lowest BCUT2D eigenvalue weighted by molar-refractivity contribution is 0.0987. The average molecular weight is 206 g/mol. The molecule has 0 atom stereocenters. The molecule has 15 heavy (non-hydrogen) atoms. The maximum atomic E-state index is 11.7. The predicted molar refractivity (Wildman–Crippen MR) is 61.7 cm³/mol. The molecular formula is C13H18O2. The summed E-state index contributed by atoms with van der Waals surface area (Å²) in [5.41, 5.74) is 1.90.